The molecule has 1 aliphatic heterocycles. The Labute approximate surface area is 165 Å². The van der Waals surface area contributed by atoms with Gasteiger partial charge < -0.3 is 19.7 Å². The van der Waals surface area contributed by atoms with E-state index in [0.717, 1.165) is 11.3 Å². The van der Waals surface area contributed by atoms with Gasteiger partial charge >= 0.3 is 0 Å². The highest BCUT2D eigenvalue weighted by molar-refractivity contribution is 5.80. The second-order valence-corrected chi connectivity index (χ2v) is 6.82. The van der Waals surface area contributed by atoms with Crippen LogP contribution < -0.4 is 14.8 Å². The quantitative estimate of drug-likeness (QED) is 0.799. The van der Waals surface area contributed by atoms with E-state index in [-0.39, 0.29) is 24.3 Å². The van der Waals surface area contributed by atoms with Crippen molar-refractivity contribution in [3.63, 3.8) is 0 Å². The Kier molecular flexibility index (Phi) is 6.89. The van der Waals surface area contributed by atoms with Crippen LogP contribution in [0.15, 0.2) is 54.6 Å². The second-order valence-electron chi connectivity index (χ2n) is 6.82. The highest BCUT2D eigenvalue weighted by atomic mass is 16.5. The van der Waals surface area contributed by atoms with Gasteiger partial charge in [-0.1, -0.05) is 30.3 Å². The molecule has 0 saturated carbocycles. The lowest BCUT2D eigenvalue weighted by Gasteiger charge is -2.31. The molecule has 0 aliphatic carbocycles. The first-order valence-corrected chi connectivity index (χ1v) is 9.52. The Hall–Kier alpha value is -3.02. The lowest BCUT2D eigenvalue weighted by atomic mass is 9.96. The summed E-state index contributed by atoms with van der Waals surface area (Å²) in [6.45, 7) is 1.68. The number of carbonyl (C=O) groups excluding carboxylic acids is 2. The number of para-hydroxylation sites is 1. The third-order valence-corrected chi connectivity index (χ3v) is 4.95. The summed E-state index contributed by atoms with van der Waals surface area (Å²) >= 11 is 0. The zero-order chi connectivity index (χ0) is 19.8. The van der Waals surface area contributed by atoms with E-state index < -0.39 is 0 Å². The number of piperidine rings is 1. The molecule has 2 aromatic carbocycles. The second kappa shape index (κ2) is 9.78. The van der Waals surface area contributed by atoms with Gasteiger partial charge in [0.15, 0.2) is 6.61 Å². The number of amides is 2. The van der Waals surface area contributed by atoms with Gasteiger partial charge in [0.2, 0.25) is 5.91 Å². The zero-order valence-corrected chi connectivity index (χ0v) is 16.1. The number of carbonyl (C=O) groups is 2. The van der Waals surface area contributed by atoms with Crippen LogP contribution in [0.2, 0.25) is 0 Å². The van der Waals surface area contributed by atoms with Gasteiger partial charge in [-0.05, 0) is 42.7 Å². The van der Waals surface area contributed by atoms with Crippen molar-refractivity contribution >= 4 is 11.8 Å². The van der Waals surface area contributed by atoms with Crippen LogP contribution in [0.4, 0.5) is 0 Å². The van der Waals surface area contributed by atoms with Crippen molar-refractivity contribution in [2.75, 3.05) is 26.8 Å². The van der Waals surface area contributed by atoms with E-state index in [1.165, 1.54) is 0 Å². The van der Waals surface area contributed by atoms with Gasteiger partial charge in [-0.3, -0.25) is 9.59 Å². The standard InChI is InChI=1S/C22H26N2O4/c1-27-19-9-7-17(8-10-19)15-23-22(26)18-11-13-24(14-12-18)21(25)16-28-20-5-3-2-4-6-20/h2-10,18H,11-16H2,1H3,(H,23,26). The maximum Gasteiger partial charge on any atom is 0.260 e. The van der Waals surface area contributed by atoms with Gasteiger partial charge in [0.25, 0.3) is 5.91 Å². The minimum absolute atomic E-state index is 0.0261. The number of methoxy groups -OCH3 is 1. The van der Waals surface area contributed by atoms with Gasteiger partial charge in [-0.15, -0.1) is 0 Å². The molecule has 6 nitrogen and oxygen atoms in total. The fourth-order valence-electron chi connectivity index (χ4n) is 3.22. The van der Waals surface area contributed by atoms with Crippen LogP contribution in [0.25, 0.3) is 0 Å². The number of benzene rings is 2. The fourth-order valence-corrected chi connectivity index (χ4v) is 3.22. The number of nitrogens with zero attached hydrogens (tertiary/aromatic N) is 1. The van der Waals surface area contributed by atoms with E-state index in [9.17, 15) is 9.59 Å². The summed E-state index contributed by atoms with van der Waals surface area (Å²) in [5.74, 6) is 1.42. The van der Waals surface area contributed by atoms with Crippen molar-refractivity contribution in [1.82, 2.24) is 10.2 Å². The summed E-state index contributed by atoms with van der Waals surface area (Å²) in [6, 6.07) is 16.9. The topological polar surface area (TPSA) is 67.9 Å². The van der Waals surface area contributed by atoms with E-state index in [0.29, 0.717) is 38.2 Å². The maximum absolute atomic E-state index is 12.4. The van der Waals surface area contributed by atoms with E-state index in [1.54, 1.807) is 12.0 Å². The number of ether oxygens (including phenoxy) is 2. The third-order valence-electron chi connectivity index (χ3n) is 4.95. The third kappa shape index (κ3) is 5.49. The Morgan fingerprint density at radius 2 is 1.68 bits per heavy atom. The monoisotopic (exact) mass is 382 g/mol. The maximum atomic E-state index is 12.4. The molecule has 6 heteroatoms. The molecular formula is C22H26N2O4. The SMILES string of the molecule is COc1ccc(CNC(=O)C2CCN(C(=O)COc3ccccc3)CC2)cc1. The van der Waals surface area contributed by atoms with Crippen molar-refractivity contribution in [1.29, 1.82) is 0 Å². The number of hydrogen-bond acceptors (Lipinski definition) is 4. The molecule has 0 unspecified atom stereocenters. The lowest BCUT2D eigenvalue weighted by molar-refractivity contribution is -0.137. The lowest BCUT2D eigenvalue weighted by Crippen LogP contribution is -2.44. The summed E-state index contributed by atoms with van der Waals surface area (Å²) in [5, 5.41) is 2.99. The summed E-state index contributed by atoms with van der Waals surface area (Å²) < 4.78 is 10.7. The van der Waals surface area contributed by atoms with E-state index >= 15 is 0 Å². The average molecular weight is 382 g/mol. The first-order chi connectivity index (χ1) is 13.7. The van der Waals surface area contributed by atoms with Crippen LogP contribution in [0.5, 0.6) is 11.5 Å². The van der Waals surface area contributed by atoms with Gasteiger partial charge in [0.05, 0.1) is 7.11 Å². The molecule has 1 saturated heterocycles. The molecule has 0 radical (unpaired) electrons. The molecule has 0 bridgehead atoms. The summed E-state index contributed by atoms with van der Waals surface area (Å²) in [4.78, 5) is 26.5. The molecular weight excluding hydrogens is 356 g/mol. The normalized spacial score (nSPS) is 14.4. The Morgan fingerprint density at radius 1 is 1.00 bits per heavy atom. The number of likely N-dealkylation sites (tertiary alicyclic amines) is 1. The van der Waals surface area contributed by atoms with Crippen LogP contribution in [0, 0.1) is 5.92 Å². The van der Waals surface area contributed by atoms with E-state index in [2.05, 4.69) is 5.32 Å². The van der Waals surface area contributed by atoms with Gasteiger partial charge in [0, 0.05) is 25.6 Å². The van der Waals surface area contributed by atoms with Crippen LogP contribution in [-0.2, 0) is 16.1 Å². The summed E-state index contributed by atoms with van der Waals surface area (Å²) in [5.41, 5.74) is 1.03. The molecule has 2 amide bonds. The largest absolute Gasteiger partial charge is 0.497 e. The molecule has 0 spiro atoms. The van der Waals surface area contributed by atoms with Crippen LogP contribution >= 0.6 is 0 Å². The van der Waals surface area contributed by atoms with Crippen LogP contribution in [0.1, 0.15) is 18.4 Å². The molecule has 3 rings (SSSR count). The molecule has 0 atom stereocenters. The molecule has 1 heterocycles. The highest BCUT2D eigenvalue weighted by Crippen LogP contribution is 2.18. The van der Waals surface area contributed by atoms with Crippen molar-refractivity contribution in [2.24, 2.45) is 5.92 Å². The molecule has 1 aliphatic rings. The van der Waals surface area contributed by atoms with Crippen LogP contribution in [-0.4, -0.2) is 43.5 Å². The highest BCUT2D eigenvalue weighted by Gasteiger charge is 2.27. The molecule has 2 aromatic rings. The predicted molar refractivity (Wildman–Crippen MR) is 106 cm³/mol. The van der Waals surface area contributed by atoms with Gasteiger partial charge in [0.1, 0.15) is 11.5 Å². The predicted octanol–water partition coefficient (Wildman–Crippen LogP) is 2.63. The van der Waals surface area contributed by atoms with Crippen molar-refractivity contribution in [3.8, 4) is 11.5 Å². The zero-order valence-electron chi connectivity index (χ0n) is 16.1. The molecule has 148 valence electrons. The average Bonchev–Trinajstić information content (AvgIpc) is 2.77. The van der Waals surface area contributed by atoms with Crippen molar-refractivity contribution < 1.29 is 19.1 Å². The fraction of sp³-hybridized carbons (Fsp3) is 0.364. The molecule has 1 N–H and O–H groups in total. The summed E-state index contributed by atoms with van der Waals surface area (Å²) in [7, 11) is 1.63. The first-order valence-electron chi connectivity index (χ1n) is 9.52. The molecule has 28 heavy (non-hydrogen) atoms. The minimum atomic E-state index is -0.0580. The minimum Gasteiger partial charge on any atom is -0.497 e. The van der Waals surface area contributed by atoms with E-state index in [1.807, 2.05) is 54.6 Å². The molecule has 0 aromatic heterocycles. The smallest absolute Gasteiger partial charge is 0.260 e. The van der Waals surface area contributed by atoms with E-state index in [4.69, 9.17) is 9.47 Å². The first kappa shape index (κ1) is 19.7. The van der Waals surface area contributed by atoms with Gasteiger partial charge in [-0.25, -0.2) is 0 Å². The van der Waals surface area contributed by atoms with Crippen LogP contribution in [0.3, 0.4) is 0 Å². The number of hydrogen-bond donors (Lipinski definition) is 1. The Bertz CT molecular complexity index is 769. The van der Waals surface area contributed by atoms with Crippen molar-refractivity contribution in [3.05, 3.63) is 60.2 Å². The summed E-state index contributed by atoms with van der Waals surface area (Å²) in [6.07, 6.45) is 1.34. The van der Waals surface area contributed by atoms with Crippen molar-refractivity contribution in [2.45, 2.75) is 19.4 Å². The Morgan fingerprint density at radius 3 is 2.32 bits per heavy atom. The Balaban J connectivity index is 1.38. The number of rotatable bonds is 7. The molecule has 1 fully saturated rings. The van der Waals surface area contributed by atoms with Gasteiger partial charge in [-0.2, -0.15) is 0 Å². The number of nitrogens with one attached hydrogen (secondary N) is 1.